The number of carboxylic acid groups (broad SMARTS) is 1. The maximum Gasteiger partial charge on any atom is 0.317 e. The lowest BCUT2D eigenvalue weighted by Gasteiger charge is -2.32. The number of rotatable bonds is 2. The SMILES string of the molecule is CC1COCCC1NC(=O)N1CCC(C(=O)O)C1C. The lowest BCUT2D eigenvalue weighted by atomic mass is 9.98. The Hall–Kier alpha value is -1.30. The van der Waals surface area contributed by atoms with Gasteiger partial charge in [-0.25, -0.2) is 4.79 Å². The van der Waals surface area contributed by atoms with Crippen LogP contribution in [-0.2, 0) is 9.53 Å². The molecule has 2 saturated heterocycles. The third kappa shape index (κ3) is 3.00. The predicted octanol–water partition coefficient (Wildman–Crippen LogP) is 0.916. The molecule has 4 unspecified atom stereocenters. The number of nitrogens with one attached hydrogen (secondary N) is 1. The molecule has 0 spiro atoms. The Morgan fingerprint density at radius 1 is 1.32 bits per heavy atom. The predicted molar refractivity (Wildman–Crippen MR) is 68.8 cm³/mol. The van der Waals surface area contributed by atoms with Crippen molar-refractivity contribution >= 4 is 12.0 Å². The Kier molecular flexibility index (Phi) is 4.29. The van der Waals surface area contributed by atoms with Gasteiger partial charge in [-0.15, -0.1) is 0 Å². The number of hydrogen-bond donors (Lipinski definition) is 2. The fraction of sp³-hybridized carbons (Fsp3) is 0.846. The van der Waals surface area contributed by atoms with Crippen molar-refractivity contribution in [2.24, 2.45) is 11.8 Å². The molecule has 0 aromatic carbocycles. The van der Waals surface area contributed by atoms with Crippen LogP contribution in [0.1, 0.15) is 26.7 Å². The molecule has 0 aliphatic carbocycles. The van der Waals surface area contributed by atoms with Gasteiger partial charge < -0.3 is 20.1 Å². The first kappa shape index (κ1) is 14.1. The van der Waals surface area contributed by atoms with E-state index in [1.165, 1.54) is 0 Å². The van der Waals surface area contributed by atoms with E-state index in [2.05, 4.69) is 12.2 Å². The zero-order valence-corrected chi connectivity index (χ0v) is 11.5. The number of carbonyl (C=O) groups excluding carboxylic acids is 1. The lowest BCUT2D eigenvalue weighted by Crippen LogP contribution is -2.51. The van der Waals surface area contributed by atoms with Crippen molar-refractivity contribution in [1.82, 2.24) is 10.2 Å². The lowest BCUT2D eigenvalue weighted by molar-refractivity contribution is -0.142. The third-order valence-electron chi connectivity index (χ3n) is 4.28. The molecule has 6 nitrogen and oxygen atoms in total. The number of carbonyl (C=O) groups is 2. The average molecular weight is 270 g/mol. The highest BCUT2D eigenvalue weighted by molar-refractivity contribution is 5.78. The minimum atomic E-state index is -0.817. The quantitative estimate of drug-likeness (QED) is 0.782. The third-order valence-corrected chi connectivity index (χ3v) is 4.28. The molecule has 2 aliphatic heterocycles. The molecule has 0 saturated carbocycles. The van der Waals surface area contributed by atoms with Crippen molar-refractivity contribution < 1.29 is 19.4 Å². The molecular weight excluding hydrogens is 248 g/mol. The minimum absolute atomic E-state index is 0.123. The molecule has 4 atom stereocenters. The van der Waals surface area contributed by atoms with Crippen LogP contribution in [0.25, 0.3) is 0 Å². The summed E-state index contributed by atoms with van der Waals surface area (Å²) >= 11 is 0. The molecule has 2 N–H and O–H groups in total. The van der Waals surface area contributed by atoms with Crippen molar-refractivity contribution in [3.8, 4) is 0 Å². The molecule has 2 fully saturated rings. The number of carboxylic acids is 1. The van der Waals surface area contributed by atoms with E-state index in [4.69, 9.17) is 9.84 Å². The van der Waals surface area contributed by atoms with E-state index in [0.717, 1.165) is 6.42 Å². The van der Waals surface area contributed by atoms with Gasteiger partial charge in [0.1, 0.15) is 0 Å². The Morgan fingerprint density at radius 2 is 2.05 bits per heavy atom. The summed E-state index contributed by atoms with van der Waals surface area (Å²) in [6.45, 7) is 5.71. The van der Waals surface area contributed by atoms with Crippen LogP contribution in [0.2, 0.25) is 0 Å². The molecule has 6 heteroatoms. The molecule has 0 aromatic rings. The molecule has 19 heavy (non-hydrogen) atoms. The summed E-state index contributed by atoms with van der Waals surface area (Å²) in [5, 5.41) is 12.1. The molecule has 2 amide bonds. The number of amides is 2. The van der Waals surface area contributed by atoms with E-state index < -0.39 is 11.9 Å². The molecule has 2 rings (SSSR count). The zero-order valence-electron chi connectivity index (χ0n) is 11.5. The van der Waals surface area contributed by atoms with Crippen LogP contribution < -0.4 is 5.32 Å². The summed E-state index contributed by atoms with van der Waals surface area (Å²) in [4.78, 5) is 24.9. The maximum absolute atomic E-state index is 12.2. The first-order valence-corrected chi connectivity index (χ1v) is 6.88. The largest absolute Gasteiger partial charge is 0.481 e. The first-order chi connectivity index (χ1) is 9.00. The van der Waals surface area contributed by atoms with Crippen molar-refractivity contribution in [2.75, 3.05) is 19.8 Å². The molecule has 108 valence electrons. The molecule has 2 aliphatic rings. The van der Waals surface area contributed by atoms with Gasteiger partial charge in [0.2, 0.25) is 0 Å². The van der Waals surface area contributed by atoms with E-state index in [1.54, 1.807) is 11.8 Å². The van der Waals surface area contributed by atoms with Gasteiger partial charge in [-0.3, -0.25) is 4.79 Å². The second-order valence-corrected chi connectivity index (χ2v) is 5.56. The summed E-state index contributed by atoms with van der Waals surface area (Å²) in [7, 11) is 0. The highest BCUT2D eigenvalue weighted by Gasteiger charge is 2.39. The number of hydrogen-bond acceptors (Lipinski definition) is 3. The summed E-state index contributed by atoms with van der Waals surface area (Å²) < 4.78 is 5.35. The van der Waals surface area contributed by atoms with E-state index in [9.17, 15) is 9.59 Å². The monoisotopic (exact) mass is 270 g/mol. The number of likely N-dealkylation sites (tertiary alicyclic amines) is 1. The topological polar surface area (TPSA) is 78.9 Å². The standard InChI is InChI=1S/C13H22N2O4/c1-8-7-19-6-4-11(8)14-13(18)15-5-3-10(9(15)2)12(16)17/h8-11H,3-7H2,1-2H3,(H,14,18)(H,16,17). The maximum atomic E-state index is 12.2. The van der Waals surface area contributed by atoms with E-state index in [-0.39, 0.29) is 18.1 Å². The molecule has 0 aromatic heterocycles. The summed E-state index contributed by atoms with van der Waals surface area (Å²) in [5.41, 5.74) is 0. The van der Waals surface area contributed by atoms with Gasteiger partial charge >= 0.3 is 12.0 Å². The van der Waals surface area contributed by atoms with Gasteiger partial charge in [0.25, 0.3) is 0 Å². The normalized spacial score (nSPS) is 35.2. The van der Waals surface area contributed by atoms with Crippen LogP contribution in [-0.4, -0.2) is 53.8 Å². The van der Waals surface area contributed by atoms with Crippen molar-refractivity contribution in [3.63, 3.8) is 0 Å². The minimum Gasteiger partial charge on any atom is -0.481 e. The number of aliphatic carboxylic acids is 1. The smallest absolute Gasteiger partial charge is 0.317 e. The fourth-order valence-electron chi connectivity index (χ4n) is 2.89. The van der Waals surface area contributed by atoms with Crippen LogP contribution in [0.4, 0.5) is 4.79 Å². The Labute approximate surface area is 113 Å². The highest BCUT2D eigenvalue weighted by Crippen LogP contribution is 2.25. The molecular formula is C13H22N2O4. The van der Waals surface area contributed by atoms with Gasteiger partial charge in [0.05, 0.1) is 12.5 Å². The van der Waals surface area contributed by atoms with Crippen LogP contribution in [0, 0.1) is 11.8 Å². The number of ether oxygens (including phenoxy) is 1. The first-order valence-electron chi connectivity index (χ1n) is 6.88. The van der Waals surface area contributed by atoms with E-state index >= 15 is 0 Å². The van der Waals surface area contributed by atoms with Crippen molar-refractivity contribution in [1.29, 1.82) is 0 Å². The average Bonchev–Trinajstić information content (AvgIpc) is 2.74. The number of nitrogens with zero attached hydrogens (tertiary/aromatic N) is 1. The van der Waals surface area contributed by atoms with Crippen LogP contribution >= 0.6 is 0 Å². The van der Waals surface area contributed by atoms with Gasteiger partial charge in [-0.2, -0.15) is 0 Å². The molecule has 0 bridgehead atoms. The second kappa shape index (κ2) is 5.77. The van der Waals surface area contributed by atoms with Crippen LogP contribution in [0.3, 0.4) is 0 Å². The van der Waals surface area contributed by atoms with Crippen molar-refractivity contribution in [3.05, 3.63) is 0 Å². The van der Waals surface area contributed by atoms with Gasteiger partial charge in [-0.1, -0.05) is 6.92 Å². The Morgan fingerprint density at radius 3 is 2.63 bits per heavy atom. The van der Waals surface area contributed by atoms with Gasteiger partial charge in [0, 0.05) is 25.2 Å². The van der Waals surface area contributed by atoms with Crippen LogP contribution in [0.5, 0.6) is 0 Å². The zero-order chi connectivity index (χ0) is 14.0. The summed E-state index contributed by atoms with van der Waals surface area (Å²) in [6, 6.07) is -0.264. The molecule has 0 radical (unpaired) electrons. The van der Waals surface area contributed by atoms with Gasteiger partial charge in [0.15, 0.2) is 0 Å². The molecule has 2 heterocycles. The van der Waals surface area contributed by atoms with Crippen molar-refractivity contribution in [2.45, 2.75) is 38.8 Å². The Bertz CT molecular complexity index is 361. The van der Waals surface area contributed by atoms with E-state index in [1.807, 2.05) is 0 Å². The highest BCUT2D eigenvalue weighted by atomic mass is 16.5. The summed E-state index contributed by atoms with van der Waals surface area (Å²) in [6.07, 6.45) is 1.35. The Balaban J connectivity index is 1.91. The number of urea groups is 1. The van der Waals surface area contributed by atoms with Crippen LogP contribution in [0.15, 0.2) is 0 Å². The fourth-order valence-corrected chi connectivity index (χ4v) is 2.89. The summed E-state index contributed by atoms with van der Waals surface area (Å²) in [5.74, 6) is -0.967. The van der Waals surface area contributed by atoms with E-state index in [0.29, 0.717) is 32.1 Å². The van der Waals surface area contributed by atoms with Gasteiger partial charge in [-0.05, 0) is 25.7 Å². The second-order valence-electron chi connectivity index (χ2n) is 5.56.